The van der Waals surface area contributed by atoms with E-state index in [0.29, 0.717) is 5.95 Å². The Balaban J connectivity index is 1.56. The van der Waals surface area contributed by atoms with Gasteiger partial charge in [-0.2, -0.15) is 5.10 Å². The summed E-state index contributed by atoms with van der Waals surface area (Å²) in [5.74, 6) is 0.334. The third kappa shape index (κ3) is 5.42. The third-order valence-corrected chi connectivity index (χ3v) is 7.13. The molecule has 0 saturated carbocycles. The van der Waals surface area contributed by atoms with Gasteiger partial charge in [-0.05, 0) is 5.56 Å². The number of nitrogens with zero attached hydrogens (tertiary/aromatic N) is 4. The summed E-state index contributed by atoms with van der Waals surface area (Å²) >= 11 is 7.36. The second kappa shape index (κ2) is 10.4. The molecule has 0 unspecified atom stereocenters. The zero-order chi connectivity index (χ0) is 21.5. The van der Waals surface area contributed by atoms with Crippen LogP contribution in [0.3, 0.4) is 0 Å². The number of benzene rings is 3. The molecule has 4 aromatic rings. The Morgan fingerprint density at radius 1 is 0.710 bits per heavy atom. The minimum absolute atomic E-state index is 0.0208. The van der Waals surface area contributed by atoms with Crippen molar-refractivity contribution < 1.29 is 0 Å². The van der Waals surface area contributed by atoms with Crippen LogP contribution in [0.2, 0.25) is 0 Å². The van der Waals surface area contributed by atoms with Crippen molar-refractivity contribution >= 4 is 44.0 Å². The molecule has 1 heterocycles. The minimum Gasteiger partial charge on any atom is -0.244 e. The van der Waals surface area contributed by atoms with Crippen LogP contribution in [0.1, 0.15) is 10.4 Å². The second-order valence-corrected chi connectivity index (χ2v) is 8.76. The normalized spacial score (nSPS) is 13.1. The van der Waals surface area contributed by atoms with Gasteiger partial charge in [0.15, 0.2) is 0 Å². The van der Waals surface area contributed by atoms with Gasteiger partial charge in [0.1, 0.15) is 11.4 Å². The van der Waals surface area contributed by atoms with Crippen LogP contribution in [0.25, 0.3) is 22.5 Å². The van der Waals surface area contributed by atoms with Gasteiger partial charge in [-0.25, -0.2) is 10.4 Å². The third-order valence-electron chi connectivity index (χ3n) is 4.56. The molecule has 0 aliphatic carbocycles. The first-order chi connectivity index (χ1) is 15.2. The summed E-state index contributed by atoms with van der Waals surface area (Å²) in [5, 5.41) is 13.0. The molecular formula is C24H19Br2N5. The minimum atomic E-state index is -0.0208. The van der Waals surface area contributed by atoms with Crippen LogP contribution >= 0.6 is 31.9 Å². The maximum absolute atomic E-state index is 4.69. The van der Waals surface area contributed by atoms with Gasteiger partial charge in [-0.1, -0.05) is 123 Å². The summed E-state index contributed by atoms with van der Waals surface area (Å²) in [4.78, 5) is 4.75. The fourth-order valence-corrected chi connectivity index (χ4v) is 3.89. The first-order valence-electron chi connectivity index (χ1n) is 9.70. The molecule has 0 saturated heterocycles. The van der Waals surface area contributed by atoms with E-state index in [4.69, 9.17) is 4.98 Å². The number of anilines is 1. The Bertz CT molecular complexity index is 1140. The largest absolute Gasteiger partial charge is 0.263 e. The number of hydrogen-bond donors (Lipinski definition) is 1. The molecule has 0 fully saturated rings. The summed E-state index contributed by atoms with van der Waals surface area (Å²) in [5.41, 5.74) is 7.46. The molecule has 1 N–H and O–H groups in total. The monoisotopic (exact) mass is 535 g/mol. The first kappa shape index (κ1) is 21.3. The SMILES string of the molecule is Br[C@H](/C=N/Nc1nnc(-c2ccccc2)c(-c2ccccc2)n1)[C@@H](Br)c1ccccc1. The van der Waals surface area contributed by atoms with Gasteiger partial charge in [-0.3, -0.25) is 0 Å². The predicted octanol–water partition coefficient (Wildman–Crippen LogP) is 6.50. The van der Waals surface area contributed by atoms with Gasteiger partial charge in [0.25, 0.3) is 5.95 Å². The number of nitrogens with one attached hydrogen (secondary N) is 1. The molecule has 3 aromatic carbocycles. The lowest BCUT2D eigenvalue weighted by atomic mass is 10.0. The van der Waals surface area contributed by atoms with Crippen molar-refractivity contribution in [3.05, 3.63) is 96.6 Å². The predicted molar refractivity (Wildman–Crippen MR) is 134 cm³/mol. The molecule has 0 bridgehead atoms. The molecule has 31 heavy (non-hydrogen) atoms. The Morgan fingerprint density at radius 2 is 1.26 bits per heavy atom. The lowest BCUT2D eigenvalue weighted by Gasteiger charge is -2.13. The van der Waals surface area contributed by atoms with Crippen molar-refractivity contribution in [1.29, 1.82) is 0 Å². The highest BCUT2D eigenvalue weighted by molar-refractivity contribution is 9.12. The van der Waals surface area contributed by atoms with Crippen molar-refractivity contribution in [3.63, 3.8) is 0 Å². The van der Waals surface area contributed by atoms with Gasteiger partial charge in [0.2, 0.25) is 0 Å². The van der Waals surface area contributed by atoms with Gasteiger partial charge in [0, 0.05) is 17.3 Å². The Labute approximate surface area is 197 Å². The van der Waals surface area contributed by atoms with E-state index in [1.54, 1.807) is 6.21 Å². The Morgan fingerprint density at radius 3 is 1.87 bits per heavy atom. The molecule has 0 amide bonds. The molecule has 7 heteroatoms. The topological polar surface area (TPSA) is 63.1 Å². The van der Waals surface area contributed by atoms with Crippen molar-refractivity contribution in [3.8, 4) is 22.5 Å². The van der Waals surface area contributed by atoms with Crippen LogP contribution in [0.5, 0.6) is 0 Å². The molecule has 1 aromatic heterocycles. The van der Waals surface area contributed by atoms with E-state index in [1.165, 1.54) is 0 Å². The van der Waals surface area contributed by atoms with Crippen LogP contribution in [0.4, 0.5) is 5.95 Å². The van der Waals surface area contributed by atoms with E-state index in [-0.39, 0.29) is 9.65 Å². The lowest BCUT2D eigenvalue weighted by Crippen LogP contribution is -2.10. The summed E-state index contributed by atoms with van der Waals surface area (Å²) in [7, 11) is 0. The van der Waals surface area contributed by atoms with Crippen LogP contribution in [-0.4, -0.2) is 26.2 Å². The van der Waals surface area contributed by atoms with E-state index < -0.39 is 0 Å². The lowest BCUT2D eigenvalue weighted by molar-refractivity contribution is 0.970. The van der Waals surface area contributed by atoms with Crippen molar-refractivity contribution in [2.24, 2.45) is 5.10 Å². The van der Waals surface area contributed by atoms with Crippen LogP contribution in [0, 0.1) is 0 Å². The zero-order valence-electron chi connectivity index (χ0n) is 16.4. The number of aromatic nitrogens is 3. The highest BCUT2D eigenvalue weighted by Crippen LogP contribution is 2.30. The summed E-state index contributed by atoms with van der Waals surface area (Å²) in [6, 6.07) is 30.0. The van der Waals surface area contributed by atoms with Crippen LogP contribution in [0.15, 0.2) is 96.1 Å². The van der Waals surface area contributed by atoms with Crippen LogP contribution in [-0.2, 0) is 0 Å². The highest BCUT2D eigenvalue weighted by Gasteiger charge is 2.16. The molecule has 0 radical (unpaired) electrons. The molecular weight excluding hydrogens is 518 g/mol. The summed E-state index contributed by atoms with van der Waals surface area (Å²) in [6.45, 7) is 0. The molecule has 0 aliphatic heterocycles. The molecule has 5 nitrogen and oxygen atoms in total. The molecule has 0 aliphatic rings. The molecule has 0 spiro atoms. The van der Waals surface area contributed by atoms with Gasteiger partial charge in [-0.15, -0.1) is 10.2 Å². The van der Waals surface area contributed by atoms with E-state index in [0.717, 1.165) is 28.1 Å². The fourth-order valence-electron chi connectivity index (χ4n) is 3.02. The van der Waals surface area contributed by atoms with Crippen LogP contribution < -0.4 is 5.43 Å². The zero-order valence-corrected chi connectivity index (χ0v) is 19.6. The van der Waals surface area contributed by atoms with Crippen molar-refractivity contribution in [1.82, 2.24) is 15.2 Å². The Hall–Kier alpha value is -2.90. The number of rotatable bonds is 7. The van der Waals surface area contributed by atoms with Crippen molar-refractivity contribution in [2.45, 2.75) is 9.65 Å². The smallest absolute Gasteiger partial charge is 0.244 e. The maximum atomic E-state index is 4.69. The number of halogens is 2. The van der Waals surface area contributed by atoms with E-state index in [1.807, 2.05) is 78.9 Å². The number of hydrazone groups is 1. The standard InChI is InChI=1S/C24H19Br2N5/c25-20(21(26)17-10-4-1-5-11-17)16-27-30-24-28-22(18-12-6-2-7-13-18)23(29-31-24)19-14-8-3-9-15-19/h1-16,20-21H,(H,28,30,31)/b27-16+/t20-,21+/m1/s1. The second-order valence-electron chi connectivity index (χ2n) is 6.71. The quantitative estimate of drug-likeness (QED) is 0.166. The Kier molecular flexibility index (Phi) is 7.17. The van der Waals surface area contributed by atoms with Gasteiger partial charge in [0.05, 0.1) is 9.65 Å². The average molecular weight is 537 g/mol. The van der Waals surface area contributed by atoms with E-state index in [2.05, 4.69) is 64.7 Å². The first-order valence-corrected chi connectivity index (χ1v) is 11.5. The summed E-state index contributed by atoms with van der Waals surface area (Å²) < 4.78 is 0. The molecule has 4 rings (SSSR count). The number of alkyl halides is 2. The van der Waals surface area contributed by atoms with Crippen molar-refractivity contribution in [2.75, 3.05) is 5.43 Å². The molecule has 2 atom stereocenters. The number of hydrogen-bond acceptors (Lipinski definition) is 5. The summed E-state index contributed by atoms with van der Waals surface area (Å²) in [6.07, 6.45) is 1.77. The van der Waals surface area contributed by atoms with Gasteiger partial charge < -0.3 is 0 Å². The molecule has 154 valence electrons. The highest BCUT2D eigenvalue weighted by atomic mass is 79.9. The average Bonchev–Trinajstić information content (AvgIpc) is 2.85. The van der Waals surface area contributed by atoms with Gasteiger partial charge >= 0.3 is 0 Å². The van der Waals surface area contributed by atoms with E-state index in [9.17, 15) is 0 Å². The fraction of sp³-hybridized carbons (Fsp3) is 0.0833. The maximum Gasteiger partial charge on any atom is 0.263 e. The van der Waals surface area contributed by atoms with E-state index >= 15 is 0 Å².